The lowest BCUT2D eigenvalue weighted by atomic mass is 9.78. The molecule has 2 nitrogen and oxygen atoms in total. The molecule has 1 aliphatic heterocycles. The number of hydrogen-bond acceptors (Lipinski definition) is 4. The van der Waals surface area contributed by atoms with E-state index in [1.807, 2.05) is 30.0 Å². The van der Waals surface area contributed by atoms with Crippen molar-refractivity contribution in [2.75, 3.05) is 0 Å². The smallest absolute Gasteiger partial charge is 0.155 e. The Kier molecular flexibility index (Phi) is 5.09. The molecule has 1 saturated carbocycles. The molecule has 2 aromatic rings. The van der Waals surface area contributed by atoms with Crippen LogP contribution in [0, 0.1) is 11.8 Å². The maximum atomic E-state index is 6.33. The Morgan fingerprint density at radius 2 is 1.93 bits per heavy atom. The molecule has 0 unspecified atom stereocenters. The maximum absolute atomic E-state index is 6.33. The monoisotopic (exact) mass is 394 g/mol. The first kappa shape index (κ1) is 18.7. The largest absolute Gasteiger partial charge is 0.378 e. The van der Waals surface area contributed by atoms with Gasteiger partial charge in [0.05, 0.1) is 5.54 Å². The van der Waals surface area contributed by atoms with Crippen molar-refractivity contribution in [2.45, 2.75) is 62.7 Å². The highest BCUT2D eigenvalue weighted by Gasteiger charge is 2.45. The topological polar surface area (TPSA) is 38.4 Å². The molecule has 1 spiro atoms. The number of nitrogens with zero attached hydrogens (tertiary/aromatic N) is 1. The Morgan fingerprint density at radius 3 is 2.70 bits per heavy atom. The van der Waals surface area contributed by atoms with Gasteiger partial charge in [-0.2, -0.15) is 0 Å². The van der Waals surface area contributed by atoms with Crippen molar-refractivity contribution in [2.24, 2.45) is 10.7 Å². The number of amidine groups is 1. The SMILES string of the molecule is CC#Cc1cccc(-c2csc([C@]3(C)CC4(CCCCC4)SC(N)=N3)c2)c1. The van der Waals surface area contributed by atoms with Gasteiger partial charge < -0.3 is 5.73 Å². The van der Waals surface area contributed by atoms with Crippen LogP contribution in [0.1, 0.15) is 62.8 Å². The van der Waals surface area contributed by atoms with E-state index >= 15 is 0 Å². The summed E-state index contributed by atoms with van der Waals surface area (Å²) in [7, 11) is 0. The lowest BCUT2D eigenvalue weighted by Gasteiger charge is -2.45. The zero-order valence-electron chi connectivity index (χ0n) is 16.0. The van der Waals surface area contributed by atoms with E-state index in [1.54, 1.807) is 0 Å². The van der Waals surface area contributed by atoms with E-state index in [0.717, 1.165) is 17.2 Å². The molecule has 1 atom stereocenters. The predicted molar refractivity (Wildman–Crippen MR) is 119 cm³/mol. The van der Waals surface area contributed by atoms with Crippen LogP contribution in [0.15, 0.2) is 40.7 Å². The molecule has 140 valence electrons. The summed E-state index contributed by atoms with van der Waals surface area (Å²) in [6.07, 6.45) is 7.61. The van der Waals surface area contributed by atoms with Crippen LogP contribution in [-0.2, 0) is 5.54 Å². The zero-order chi connectivity index (χ0) is 18.9. The molecule has 1 aromatic heterocycles. The number of thiophene rings is 1. The van der Waals surface area contributed by atoms with Crippen molar-refractivity contribution in [3.8, 4) is 23.0 Å². The second-order valence-electron chi connectivity index (χ2n) is 7.90. The molecule has 2 heterocycles. The zero-order valence-corrected chi connectivity index (χ0v) is 17.7. The second-order valence-corrected chi connectivity index (χ2v) is 10.3. The molecule has 0 saturated heterocycles. The lowest BCUT2D eigenvalue weighted by molar-refractivity contribution is 0.306. The molecule has 4 heteroatoms. The van der Waals surface area contributed by atoms with E-state index in [-0.39, 0.29) is 10.3 Å². The first-order chi connectivity index (χ1) is 13.0. The van der Waals surface area contributed by atoms with Crippen molar-refractivity contribution in [1.29, 1.82) is 0 Å². The molecule has 4 rings (SSSR count). The lowest BCUT2D eigenvalue weighted by Crippen LogP contribution is -2.42. The molecule has 2 N–H and O–H groups in total. The average molecular weight is 395 g/mol. The Morgan fingerprint density at radius 1 is 1.11 bits per heavy atom. The fraction of sp³-hybridized carbons (Fsp3) is 0.435. The minimum atomic E-state index is -0.212. The minimum absolute atomic E-state index is 0.212. The van der Waals surface area contributed by atoms with Crippen molar-refractivity contribution in [1.82, 2.24) is 0 Å². The summed E-state index contributed by atoms with van der Waals surface area (Å²) in [5, 5.41) is 3.01. The van der Waals surface area contributed by atoms with Crippen molar-refractivity contribution < 1.29 is 0 Å². The van der Waals surface area contributed by atoms with Crippen LogP contribution in [0.4, 0.5) is 0 Å². The number of nitrogens with two attached hydrogens (primary N) is 1. The van der Waals surface area contributed by atoms with Gasteiger partial charge in [-0.05, 0) is 67.8 Å². The van der Waals surface area contributed by atoms with Crippen LogP contribution in [0.5, 0.6) is 0 Å². The van der Waals surface area contributed by atoms with Crippen LogP contribution in [0.2, 0.25) is 0 Å². The van der Waals surface area contributed by atoms with Gasteiger partial charge in [0.2, 0.25) is 0 Å². The average Bonchev–Trinajstić information content (AvgIpc) is 3.13. The second kappa shape index (κ2) is 7.37. The van der Waals surface area contributed by atoms with Crippen molar-refractivity contribution >= 4 is 28.3 Å². The Hall–Kier alpha value is -1.70. The van der Waals surface area contributed by atoms with E-state index in [2.05, 4.69) is 54.5 Å². The van der Waals surface area contributed by atoms with Gasteiger partial charge >= 0.3 is 0 Å². The van der Waals surface area contributed by atoms with E-state index in [1.165, 1.54) is 48.1 Å². The van der Waals surface area contributed by atoms with E-state index in [4.69, 9.17) is 10.7 Å². The Bertz CT molecular complexity index is 925. The molecule has 0 radical (unpaired) electrons. The summed E-state index contributed by atoms with van der Waals surface area (Å²) in [5.41, 5.74) is 9.65. The highest BCUT2D eigenvalue weighted by Crippen LogP contribution is 2.53. The molecule has 1 aromatic carbocycles. The van der Waals surface area contributed by atoms with Crippen LogP contribution in [-0.4, -0.2) is 9.91 Å². The maximum Gasteiger partial charge on any atom is 0.155 e. The van der Waals surface area contributed by atoms with Gasteiger partial charge in [-0.1, -0.05) is 49.1 Å². The van der Waals surface area contributed by atoms with Gasteiger partial charge in [-0.25, -0.2) is 0 Å². The van der Waals surface area contributed by atoms with Gasteiger partial charge in [-0.3, -0.25) is 4.99 Å². The van der Waals surface area contributed by atoms with Crippen LogP contribution in [0.25, 0.3) is 11.1 Å². The van der Waals surface area contributed by atoms with E-state index < -0.39 is 0 Å². The van der Waals surface area contributed by atoms with Crippen LogP contribution in [0.3, 0.4) is 0 Å². The summed E-state index contributed by atoms with van der Waals surface area (Å²) < 4.78 is 0.277. The number of rotatable bonds is 2. The molecular formula is C23H26N2S2. The molecule has 1 fully saturated rings. The number of thioether (sulfide) groups is 1. The fourth-order valence-corrected chi connectivity index (χ4v) is 7.06. The third-order valence-electron chi connectivity index (χ3n) is 5.70. The molecule has 0 amide bonds. The Labute approximate surface area is 170 Å². The number of hydrogen-bond donors (Lipinski definition) is 1. The van der Waals surface area contributed by atoms with E-state index in [9.17, 15) is 0 Å². The van der Waals surface area contributed by atoms with Gasteiger partial charge in [0.1, 0.15) is 0 Å². The first-order valence-corrected chi connectivity index (χ1v) is 11.4. The highest BCUT2D eigenvalue weighted by atomic mass is 32.2. The fourth-order valence-electron chi connectivity index (χ4n) is 4.50. The normalized spacial score (nSPS) is 24.1. The minimum Gasteiger partial charge on any atom is -0.378 e. The third-order valence-corrected chi connectivity index (χ3v) is 8.17. The number of aliphatic imine (C=N–C) groups is 1. The van der Waals surface area contributed by atoms with Gasteiger partial charge in [-0.15, -0.1) is 17.3 Å². The third kappa shape index (κ3) is 3.81. The van der Waals surface area contributed by atoms with Gasteiger partial charge in [0.15, 0.2) is 5.17 Å². The summed E-state index contributed by atoms with van der Waals surface area (Å²) in [6.45, 7) is 4.14. The molecule has 27 heavy (non-hydrogen) atoms. The molecule has 0 bridgehead atoms. The summed E-state index contributed by atoms with van der Waals surface area (Å²) >= 11 is 3.64. The molecule has 2 aliphatic rings. The molecule has 1 aliphatic carbocycles. The standard InChI is InChI=1S/C23H26N2S2/c1-3-8-17-9-7-10-18(13-17)19-14-20(26-15-19)22(2)16-23(27-21(24)25-22)11-5-4-6-12-23/h7,9-10,13-15H,4-6,11-12,16H2,1-2H3,(H2,24,25)/t22-/m0/s1. The molecular weight excluding hydrogens is 368 g/mol. The summed E-state index contributed by atoms with van der Waals surface area (Å²) in [4.78, 5) is 6.25. The quantitative estimate of drug-likeness (QED) is 0.620. The van der Waals surface area contributed by atoms with Gasteiger partial charge in [0.25, 0.3) is 0 Å². The first-order valence-electron chi connectivity index (χ1n) is 9.69. The van der Waals surface area contributed by atoms with Crippen LogP contribution < -0.4 is 5.73 Å². The van der Waals surface area contributed by atoms with Crippen molar-refractivity contribution in [3.63, 3.8) is 0 Å². The highest BCUT2D eigenvalue weighted by molar-refractivity contribution is 8.15. The predicted octanol–water partition coefficient (Wildman–Crippen LogP) is 6.16. The van der Waals surface area contributed by atoms with Gasteiger partial charge in [0, 0.05) is 15.2 Å². The van der Waals surface area contributed by atoms with E-state index in [0.29, 0.717) is 0 Å². The Balaban J connectivity index is 1.66. The van der Waals surface area contributed by atoms with Crippen molar-refractivity contribution in [3.05, 3.63) is 46.2 Å². The summed E-state index contributed by atoms with van der Waals surface area (Å²) in [6, 6.07) is 10.8. The number of benzene rings is 1. The van der Waals surface area contributed by atoms with Crippen LogP contribution >= 0.6 is 23.1 Å². The summed E-state index contributed by atoms with van der Waals surface area (Å²) in [5.74, 6) is 6.13.